The van der Waals surface area contributed by atoms with Gasteiger partial charge in [0.05, 0.1) is 30.7 Å². The van der Waals surface area contributed by atoms with Crippen LogP contribution >= 0.6 is 0 Å². The second-order valence-electron chi connectivity index (χ2n) is 6.25. The lowest BCUT2D eigenvalue weighted by Crippen LogP contribution is -2.48. The fourth-order valence-electron chi connectivity index (χ4n) is 3.14. The third-order valence-electron chi connectivity index (χ3n) is 4.41. The van der Waals surface area contributed by atoms with E-state index < -0.39 is 0 Å². The maximum absolute atomic E-state index is 5.68. The molecule has 2 N–H and O–H groups in total. The summed E-state index contributed by atoms with van der Waals surface area (Å²) in [6.45, 7) is 5.21. The first-order valence-corrected chi connectivity index (χ1v) is 8.40. The molecule has 1 fully saturated rings. The summed E-state index contributed by atoms with van der Waals surface area (Å²) in [5.41, 5.74) is 1.89. The highest BCUT2D eigenvalue weighted by molar-refractivity contribution is 5.93. The van der Waals surface area contributed by atoms with E-state index in [1.807, 2.05) is 31.2 Å². The van der Waals surface area contributed by atoms with Crippen LogP contribution in [0.1, 0.15) is 18.5 Å². The number of nitrogens with one attached hydrogen (secondary N) is 2. The van der Waals surface area contributed by atoms with Crippen LogP contribution < -0.4 is 10.6 Å². The molecule has 0 amide bonds. The molecule has 2 aliphatic rings. The van der Waals surface area contributed by atoms with E-state index in [1.54, 1.807) is 0 Å². The van der Waals surface area contributed by atoms with Gasteiger partial charge in [-0.15, -0.1) is 0 Å². The van der Waals surface area contributed by atoms with Crippen LogP contribution in [0.25, 0.3) is 10.9 Å². The molecule has 2 aliphatic heterocycles. The van der Waals surface area contributed by atoms with Gasteiger partial charge in [0.25, 0.3) is 0 Å². The fraction of sp³-hybridized carbons (Fsp3) is 0.471. The van der Waals surface area contributed by atoms with Crippen molar-refractivity contribution in [2.24, 2.45) is 4.99 Å². The average molecular weight is 326 g/mol. The molecule has 24 heavy (non-hydrogen) atoms. The summed E-state index contributed by atoms with van der Waals surface area (Å²) in [4.78, 5) is 15.9. The molecule has 1 atom stereocenters. The molecule has 1 saturated heterocycles. The zero-order valence-electron chi connectivity index (χ0n) is 13.8. The highest BCUT2D eigenvalue weighted by atomic mass is 16.5. The van der Waals surface area contributed by atoms with Gasteiger partial charge in [-0.3, -0.25) is 10.2 Å². The number of fused-ring (bicyclic) bond motifs is 1. The lowest BCUT2D eigenvalue weighted by Gasteiger charge is -2.28. The summed E-state index contributed by atoms with van der Waals surface area (Å²) in [6.07, 6.45) is 2.67. The van der Waals surface area contributed by atoms with Crippen LogP contribution in [-0.4, -0.2) is 53.4 Å². The van der Waals surface area contributed by atoms with Gasteiger partial charge >= 0.3 is 0 Å². The standard InChI is InChI=1S/C17H22N6O/c1-12-14-6-2-3-7-15(14)21-17(20-12)22-16-18-10-23(11-19-16)9-13-5-4-8-24-13/h2-3,6-7,13H,4-5,8-11H2,1H3,(H2,18,19,20,21,22)/t13-/m1/s1. The number of hydrogen-bond acceptors (Lipinski definition) is 7. The van der Waals surface area contributed by atoms with E-state index in [4.69, 9.17) is 4.74 Å². The molecule has 0 aliphatic carbocycles. The van der Waals surface area contributed by atoms with Crippen molar-refractivity contribution in [3.05, 3.63) is 30.0 Å². The molecule has 4 rings (SSSR count). The van der Waals surface area contributed by atoms with Gasteiger partial charge in [-0.05, 0) is 25.8 Å². The van der Waals surface area contributed by atoms with Crippen molar-refractivity contribution >= 4 is 22.8 Å². The summed E-state index contributed by atoms with van der Waals surface area (Å²) in [5.74, 6) is 1.29. The molecular formula is C17H22N6O. The highest BCUT2D eigenvalue weighted by Gasteiger charge is 2.21. The third-order valence-corrected chi connectivity index (χ3v) is 4.41. The Kier molecular flexibility index (Phi) is 4.27. The maximum Gasteiger partial charge on any atom is 0.230 e. The van der Waals surface area contributed by atoms with Crippen LogP contribution in [0.15, 0.2) is 29.3 Å². The zero-order valence-corrected chi connectivity index (χ0v) is 13.8. The summed E-state index contributed by atoms with van der Waals surface area (Å²) >= 11 is 0. The van der Waals surface area contributed by atoms with Crippen molar-refractivity contribution in [2.75, 3.05) is 31.8 Å². The Labute approximate surface area is 141 Å². The van der Waals surface area contributed by atoms with Gasteiger partial charge in [0.15, 0.2) is 0 Å². The monoisotopic (exact) mass is 326 g/mol. The van der Waals surface area contributed by atoms with Crippen molar-refractivity contribution in [1.82, 2.24) is 20.2 Å². The summed E-state index contributed by atoms with van der Waals surface area (Å²) in [7, 11) is 0. The van der Waals surface area contributed by atoms with Crippen molar-refractivity contribution < 1.29 is 4.74 Å². The fourth-order valence-corrected chi connectivity index (χ4v) is 3.14. The van der Waals surface area contributed by atoms with E-state index in [0.717, 1.165) is 42.8 Å². The molecule has 0 bridgehead atoms. The number of anilines is 1. The number of hydrogen-bond donors (Lipinski definition) is 2. The Hall–Kier alpha value is -2.25. The lowest BCUT2D eigenvalue weighted by molar-refractivity contribution is 0.0715. The van der Waals surface area contributed by atoms with Crippen LogP contribution in [0, 0.1) is 6.92 Å². The highest BCUT2D eigenvalue weighted by Crippen LogP contribution is 2.17. The molecular weight excluding hydrogens is 304 g/mol. The number of nitrogens with zero attached hydrogens (tertiary/aromatic N) is 4. The molecule has 7 heteroatoms. The minimum absolute atomic E-state index is 0.350. The van der Waals surface area contributed by atoms with E-state index in [9.17, 15) is 0 Å². The number of aliphatic imine (C=N–C) groups is 1. The molecule has 0 saturated carbocycles. The molecule has 0 radical (unpaired) electrons. The zero-order chi connectivity index (χ0) is 16.4. The maximum atomic E-state index is 5.68. The van der Waals surface area contributed by atoms with Gasteiger partial charge in [-0.25, -0.2) is 15.0 Å². The van der Waals surface area contributed by atoms with E-state index in [0.29, 0.717) is 24.7 Å². The number of guanidine groups is 1. The second kappa shape index (κ2) is 6.70. The van der Waals surface area contributed by atoms with Crippen molar-refractivity contribution in [3.63, 3.8) is 0 Å². The van der Waals surface area contributed by atoms with Crippen LogP contribution in [0.5, 0.6) is 0 Å². The van der Waals surface area contributed by atoms with E-state index in [-0.39, 0.29) is 0 Å². The Morgan fingerprint density at radius 3 is 3.04 bits per heavy atom. The predicted octanol–water partition coefficient (Wildman–Crippen LogP) is 1.71. The normalized spacial score (nSPS) is 21.5. The van der Waals surface area contributed by atoms with Crippen molar-refractivity contribution in [3.8, 4) is 0 Å². The number of aromatic nitrogens is 2. The number of para-hydroxylation sites is 1. The van der Waals surface area contributed by atoms with Crippen LogP contribution in [-0.2, 0) is 4.74 Å². The quantitative estimate of drug-likeness (QED) is 0.894. The molecule has 3 heterocycles. The van der Waals surface area contributed by atoms with E-state index in [2.05, 4.69) is 30.5 Å². The molecule has 0 unspecified atom stereocenters. The minimum atomic E-state index is 0.350. The topological polar surface area (TPSA) is 74.7 Å². The predicted molar refractivity (Wildman–Crippen MR) is 93.9 cm³/mol. The first-order valence-electron chi connectivity index (χ1n) is 8.40. The van der Waals surface area contributed by atoms with Gasteiger partial charge in [-0.2, -0.15) is 0 Å². The Bertz CT molecular complexity index is 756. The summed E-state index contributed by atoms with van der Waals surface area (Å²) in [5, 5.41) is 7.55. The van der Waals surface area contributed by atoms with E-state index >= 15 is 0 Å². The first kappa shape index (κ1) is 15.3. The second-order valence-corrected chi connectivity index (χ2v) is 6.25. The van der Waals surface area contributed by atoms with Crippen LogP contribution in [0.4, 0.5) is 5.95 Å². The van der Waals surface area contributed by atoms with Crippen LogP contribution in [0.2, 0.25) is 0 Å². The van der Waals surface area contributed by atoms with Gasteiger partial charge in [0.2, 0.25) is 11.9 Å². The minimum Gasteiger partial charge on any atom is -0.377 e. The lowest BCUT2D eigenvalue weighted by atomic mass is 10.2. The number of aryl methyl sites for hydroxylation is 1. The van der Waals surface area contributed by atoms with Crippen molar-refractivity contribution in [1.29, 1.82) is 0 Å². The Balaban J connectivity index is 1.41. The molecule has 2 aromatic rings. The molecule has 7 nitrogen and oxygen atoms in total. The van der Waals surface area contributed by atoms with Gasteiger partial charge in [-0.1, -0.05) is 18.2 Å². The van der Waals surface area contributed by atoms with Gasteiger partial charge in [0.1, 0.15) is 0 Å². The van der Waals surface area contributed by atoms with Gasteiger partial charge in [0, 0.05) is 18.5 Å². The van der Waals surface area contributed by atoms with Gasteiger partial charge < -0.3 is 10.1 Å². The SMILES string of the molecule is Cc1nc(NC2=NCN(C[C@H]3CCCO3)CN2)nc2ccccc12. The average Bonchev–Trinajstić information content (AvgIpc) is 3.10. The summed E-state index contributed by atoms with van der Waals surface area (Å²) < 4.78 is 5.68. The van der Waals surface area contributed by atoms with Crippen molar-refractivity contribution in [2.45, 2.75) is 25.9 Å². The molecule has 0 spiro atoms. The first-order chi connectivity index (χ1) is 11.8. The third kappa shape index (κ3) is 3.32. The van der Waals surface area contributed by atoms with Crippen LogP contribution in [0.3, 0.4) is 0 Å². The Morgan fingerprint density at radius 1 is 1.33 bits per heavy atom. The molecule has 1 aromatic heterocycles. The molecule has 126 valence electrons. The smallest absolute Gasteiger partial charge is 0.230 e. The Morgan fingerprint density at radius 2 is 2.25 bits per heavy atom. The number of rotatable bonds is 3. The summed E-state index contributed by atoms with van der Waals surface area (Å²) in [6, 6.07) is 8.02. The number of ether oxygens (including phenoxy) is 1. The number of benzene rings is 1. The molecule has 1 aromatic carbocycles. The largest absolute Gasteiger partial charge is 0.377 e. The van der Waals surface area contributed by atoms with E-state index in [1.165, 1.54) is 6.42 Å².